The van der Waals surface area contributed by atoms with Crippen LogP contribution in [0, 0.1) is 5.82 Å². The summed E-state index contributed by atoms with van der Waals surface area (Å²) in [6.45, 7) is 0.914. The summed E-state index contributed by atoms with van der Waals surface area (Å²) < 4.78 is 14.9. The van der Waals surface area contributed by atoms with Crippen LogP contribution in [0.2, 0.25) is 0 Å². The van der Waals surface area contributed by atoms with Gasteiger partial charge in [-0.3, -0.25) is 4.79 Å². The van der Waals surface area contributed by atoms with E-state index in [1.165, 1.54) is 23.9 Å². The minimum Gasteiger partial charge on any atom is -0.346 e. The van der Waals surface area contributed by atoms with Gasteiger partial charge in [0.2, 0.25) is 5.91 Å². The van der Waals surface area contributed by atoms with Crippen molar-refractivity contribution in [2.45, 2.75) is 24.3 Å². The van der Waals surface area contributed by atoms with Crippen LogP contribution in [-0.4, -0.2) is 21.9 Å². The number of rotatable bonds is 5. The molecule has 6 heteroatoms. The number of thioether (sulfide) groups is 1. The van der Waals surface area contributed by atoms with Crippen LogP contribution in [0.4, 0.5) is 4.39 Å². The fourth-order valence-corrected chi connectivity index (χ4v) is 3.17. The van der Waals surface area contributed by atoms with Crippen LogP contribution in [0.5, 0.6) is 0 Å². The molecule has 22 heavy (non-hydrogen) atoms. The lowest BCUT2D eigenvalue weighted by Crippen LogP contribution is -2.19. The third kappa shape index (κ3) is 3.57. The average Bonchev–Trinajstić information content (AvgIpc) is 3.11. The number of nitrogens with zero attached hydrogens (tertiary/aromatic N) is 2. The molecule has 1 aromatic heterocycles. The van der Waals surface area contributed by atoms with Crippen molar-refractivity contribution in [2.24, 2.45) is 5.10 Å². The average molecular weight is 317 g/mol. The quantitative estimate of drug-likeness (QED) is 0.680. The summed E-state index contributed by atoms with van der Waals surface area (Å²) >= 11 is 1.53. The lowest BCUT2D eigenvalue weighted by Gasteiger charge is -2.02. The summed E-state index contributed by atoms with van der Waals surface area (Å²) in [5.74, 6) is 0.282. The number of hydrazone groups is 1. The number of amides is 1. The number of aromatic nitrogens is 1. The van der Waals surface area contributed by atoms with Crippen molar-refractivity contribution >= 4 is 23.4 Å². The molecule has 0 radical (unpaired) electrons. The molecule has 0 saturated carbocycles. The SMILES string of the molecule is O=C(CCSc1ccc(F)cc1)N/N=C1/CCn2cccc21. The molecule has 3 rings (SSSR count). The standard InChI is InChI=1S/C16H16FN3OS/c17-12-3-5-13(6-4-12)22-11-8-16(21)19-18-14-7-10-20-9-1-2-15(14)20/h1-6,9H,7-8,10-11H2,(H,19,21)/b18-14-. The van der Waals surface area contributed by atoms with E-state index in [0.29, 0.717) is 12.2 Å². The van der Waals surface area contributed by atoms with Gasteiger partial charge in [-0.2, -0.15) is 5.10 Å². The maximum atomic E-state index is 12.8. The van der Waals surface area contributed by atoms with E-state index in [-0.39, 0.29) is 11.7 Å². The van der Waals surface area contributed by atoms with E-state index in [2.05, 4.69) is 15.1 Å². The van der Waals surface area contributed by atoms with E-state index in [9.17, 15) is 9.18 Å². The molecular weight excluding hydrogens is 301 g/mol. The van der Waals surface area contributed by atoms with Crippen molar-refractivity contribution in [3.05, 3.63) is 54.1 Å². The first-order chi connectivity index (χ1) is 10.7. The number of hydrogen-bond donors (Lipinski definition) is 1. The van der Waals surface area contributed by atoms with Gasteiger partial charge in [0.25, 0.3) is 0 Å². The van der Waals surface area contributed by atoms with Crippen molar-refractivity contribution in [3.63, 3.8) is 0 Å². The van der Waals surface area contributed by atoms with Gasteiger partial charge in [0.1, 0.15) is 5.82 Å². The van der Waals surface area contributed by atoms with Gasteiger partial charge in [0.05, 0.1) is 11.4 Å². The molecule has 0 atom stereocenters. The zero-order valence-corrected chi connectivity index (χ0v) is 12.8. The number of hydrogen-bond acceptors (Lipinski definition) is 3. The number of nitrogens with one attached hydrogen (secondary N) is 1. The van der Waals surface area contributed by atoms with Gasteiger partial charge in [0.15, 0.2) is 0 Å². The summed E-state index contributed by atoms with van der Waals surface area (Å²) in [6.07, 6.45) is 3.24. The Kier molecular flexibility index (Phi) is 4.58. The number of fused-ring (bicyclic) bond motifs is 1. The molecule has 1 aromatic carbocycles. The molecule has 0 aliphatic carbocycles. The van der Waals surface area contributed by atoms with Crippen LogP contribution in [0.25, 0.3) is 0 Å². The molecule has 0 fully saturated rings. The van der Waals surface area contributed by atoms with Gasteiger partial charge >= 0.3 is 0 Å². The molecular formula is C16H16FN3OS. The van der Waals surface area contributed by atoms with Gasteiger partial charge in [-0.1, -0.05) is 0 Å². The highest BCUT2D eigenvalue weighted by atomic mass is 32.2. The Morgan fingerprint density at radius 1 is 1.32 bits per heavy atom. The zero-order chi connectivity index (χ0) is 15.4. The number of halogens is 1. The van der Waals surface area contributed by atoms with Crippen LogP contribution in [0.15, 0.2) is 52.6 Å². The fourth-order valence-electron chi connectivity index (χ4n) is 2.32. The molecule has 1 amide bonds. The molecule has 1 aliphatic rings. The van der Waals surface area contributed by atoms with E-state index >= 15 is 0 Å². The van der Waals surface area contributed by atoms with Gasteiger partial charge in [0, 0.05) is 36.2 Å². The first kappa shape index (κ1) is 14.8. The Bertz CT molecular complexity index is 694. The van der Waals surface area contributed by atoms with Crippen molar-refractivity contribution in [2.75, 3.05) is 5.75 Å². The molecule has 1 N–H and O–H groups in total. The van der Waals surface area contributed by atoms with E-state index in [1.54, 1.807) is 12.1 Å². The first-order valence-corrected chi connectivity index (χ1v) is 8.10. The minimum atomic E-state index is -0.251. The third-order valence-electron chi connectivity index (χ3n) is 3.44. The lowest BCUT2D eigenvalue weighted by molar-refractivity contribution is -0.120. The summed E-state index contributed by atoms with van der Waals surface area (Å²) in [7, 11) is 0. The van der Waals surface area contributed by atoms with Gasteiger partial charge in [-0.15, -0.1) is 11.8 Å². The Balaban J connectivity index is 1.44. The summed E-state index contributed by atoms with van der Waals surface area (Å²) in [4.78, 5) is 12.7. The van der Waals surface area contributed by atoms with Crippen LogP contribution in [0.3, 0.4) is 0 Å². The highest BCUT2D eigenvalue weighted by Crippen LogP contribution is 2.19. The predicted octanol–water partition coefficient (Wildman–Crippen LogP) is 3.03. The molecule has 4 nitrogen and oxygen atoms in total. The summed E-state index contributed by atoms with van der Waals surface area (Å²) in [5, 5.41) is 4.21. The number of aryl methyl sites for hydroxylation is 1. The fraction of sp³-hybridized carbons (Fsp3) is 0.250. The lowest BCUT2D eigenvalue weighted by atomic mass is 10.2. The molecule has 0 saturated heterocycles. The van der Waals surface area contributed by atoms with Crippen molar-refractivity contribution < 1.29 is 9.18 Å². The molecule has 0 spiro atoms. The van der Waals surface area contributed by atoms with Gasteiger partial charge in [-0.05, 0) is 36.4 Å². The molecule has 0 unspecified atom stereocenters. The second kappa shape index (κ2) is 6.79. The van der Waals surface area contributed by atoms with Crippen LogP contribution in [0.1, 0.15) is 18.5 Å². The van der Waals surface area contributed by atoms with Gasteiger partial charge < -0.3 is 4.57 Å². The second-order valence-electron chi connectivity index (χ2n) is 4.98. The molecule has 2 heterocycles. The van der Waals surface area contributed by atoms with Crippen molar-refractivity contribution in [3.8, 4) is 0 Å². The van der Waals surface area contributed by atoms with Gasteiger partial charge in [-0.25, -0.2) is 9.82 Å². The highest BCUT2D eigenvalue weighted by molar-refractivity contribution is 7.99. The van der Waals surface area contributed by atoms with E-state index in [1.807, 2.05) is 18.3 Å². The Labute approximate surface area is 132 Å². The number of benzene rings is 1. The topological polar surface area (TPSA) is 46.4 Å². The molecule has 1 aliphatic heterocycles. The van der Waals surface area contributed by atoms with Crippen molar-refractivity contribution in [1.82, 2.24) is 9.99 Å². The second-order valence-corrected chi connectivity index (χ2v) is 6.15. The largest absolute Gasteiger partial charge is 0.346 e. The van der Waals surface area contributed by atoms with Crippen molar-refractivity contribution in [1.29, 1.82) is 0 Å². The zero-order valence-electron chi connectivity index (χ0n) is 12.0. The Hall–Kier alpha value is -2.08. The van der Waals surface area contributed by atoms with E-state index in [0.717, 1.165) is 29.3 Å². The summed E-state index contributed by atoms with van der Waals surface area (Å²) in [5.41, 5.74) is 4.60. The smallest absolute Gasteiger partial charge is 0.240 e. The predicted molar refractivity (Wildman–Crippen MR) is 85.5 cm³/mol. The number of carbonyl (C=O) groups excluding carboxylic acids is 1. The van der Waals surface area contributed by atoms with E-state index < -0.39 is 0 Å². The maximum Gasteiger partial charge on any atom is 0.240 e. The van der Waals surface area contributed by atoms with Crippen LogP contribution < -0.4 is 5.43 Å². The third-order valence-corrected chi connectivity index (χ3v) is 4.46. The normalized spacial score (nSPS) is 15.0. The minimum absolute atomic E-state index is 0.105. The monoisotopic (exact) mass is 317 g/mol. The molecule has 114 valence electrons. The Morgan fingerprint density at radius 3 is 2.95 bits per heavy atom. The highest BCUT2D eigenvalue weighted by Gasteiger charge is 2.16. The Morgan fingerprint density at radius 2 is 2.14 bits per heavy atom. The van der Waals surface area contributed by atoms with E-state index in [4.69, 9.17) is 0 Å². The maximum absolute atomic E-state index is 12.8. The van der Waals surface area contributed by atoms with Crippen LogP contribution in [-0.2, 0) is 11.3 Å². The first-order valence-electron chi connectivity index (χ1n) is 7.11. The summed E-state index contributed by atoms with van der Waals surface area (Å²) in [6, 6.07) is 10.2. The van der Waals surface area contributed by atoms with Crippen LogP contribution >= 0.6 is 11.8 Å². The molecule has 0 bridgehead atoms. The molecule has 2 aromatic rings. The number of carbonyl (C=O) groups is 1.